The van der Waals surface area contributed by atoms with Gasteiger partial charge in [-0.15, -0.1) is 11.3 Å². The van der Waals surface area contributed by atoms with Crippen molar-refractivity contribution < 1.29 is 4.79 Å². The monoisotopic (exact) mass is 297 g/mol. The van der Waals surface area contributed by atoms with E-state index in [4.69, 9.17) is 5.73 Å². The third-order valence-corrected chi connectivity index (χ3v) is 4.23. The summed E-state index contributed by atoms with van der Waals surface area (Å²) in [5, 5.41) is 5.44. The largest absolute Gasteiger partial charge is 0.378 e. The van der Waals surface area contributed by atoms with Gasteiger partial charge < -0.3 is 11.1 Å². The maximum absolute atomic E-state index is 11.0. The predicted molar refractivity (Wildman–Crippen MR) is 86.6 cm³/mol. The molecule has 4 nitrogen and oxygen atoms in total. The standard InChI is InChI=1S/C16H15N3OS/c1-10(12-8-15-14(18-9-12)6-7-21-15)19-13-4-2-11(3-5-13)16(17)20/h2-10,19H,1H3,(H2,17,20). The Balaban J connectivity index is 1.78. The Labute approximate surface area is 126 Å². The van der Waals surface area contributed by atoms with Crippen LogP contribution in [0.3, 0.4) is 0 Å². The number of nitrogens with zero attached hydrogens (tertiary/aromatic N) is 1. The Kier molecular flexibility index (Phi) is 3.58. The van der Waals surface area contributed by atoms with Crippen molar-refractivity contribution in [1.29, 1.82) is 0 Å². The molecule has 0 fully saturated rings. The highest BCUT2D eigenvalue weighted by atomic mass is 32.1. The van der Waals surface area contributed by atoms with Crippen molar-refractivity contribution in [3.63, 3.8) is 0 Å². The number of rotatable bonds is 4. The van der Waals surface area contributed by atoms with Crippen LogP contribution in [0.2, 0.25) is 0 Å². The molecule has 1 atom stereocenters. The van der Waals surface area contributed by atoms with Gasteiger partial charge >= 0.3 is 0 Å². The van der Waals surface area contributed by atoms with Crippen LogP contribution in [0, 0.1) is 0 Å². The van der Waals surface area contributed by atoms with Crippen molar-refractivity contribution in [1.82, 2.24) is 4.98 Å². The lowest BCUT2D eigenvalue weighted by atomic mass is 10.1. The molecule has 1 amide bonds. The van der Waals surface area contributed by atoms with Gasteiger partial charge in [-0.25, -0.2) is 0 Å². The van der Waals surface area contributed by atoms with Crippen LogP contribution in [0.25, 0.3) is 10.2 Å². The Morgan fingerprint density at radius 2 is 2.05 bits per heavy atom. The molecule has 21 heavy (non-hydrogen) atoms. The number of hydrogen-bond acceptors (Lipinski definition) is 4. The Hall–Kier alpha value is -2.40. The summed E-state index contributed by atoms with van der Waals surface area (Å²) in [5.41, 5.74) is 8.84. The van der Waals surface area contributed by atoms with E-state index in [1.807, 2.05) is 29.8 Å². The lowest BCUT2D eigenvalue weighted by molar-refractivity contribution is 0.100. The molecule has 5 heteroatoms. The van der Waals surface area contributed by atoms with E-state index in [9.17, 15) is 4.79 Å². The van der Waals surface area contributed by atoms with Crippen molar-refractivity contribution in [3.8, 4) is 0 Å². The molecule has 2 heterocycles. The second-order valence-electron chi connectivity index (χ2n) is 4.88. The van der Waals surface area contributed by atoms with Gasteiger partial charge in [0.2, 0.25) is 5.91 Å². The minimum Gasteiger partial charge on any atom is -0.378 e. The third-order valence-electron chi connectivity index (χ3n) is 3.38. The zero-order valence-electron chi connectivity index (χ0n) is 11.5. The molecule has 1 aromatic carbocycles. The minimum atomic E-state index is -0.415. The molecule has 106 valence electrons. The van der Waals surface area contributed by atoms with Crippen LogP contribution >= 0.6 is 11.3 Å². The van der Waals surface area contributed by atoms with Crippen molar-refractivity contribution in [2.45, 2.75) is 13.0 Å². The maximum Gasteiger partial charge on any atom is 0.248 e. The number of carbonyl (C=O) groups excluding carboxylic acids is 1. The van der Waals surface area contributed by atoms with Crippen molar-refractivity contribution in [2.24, 2.45) is 5.73 Å². The Bertz CT molecular complexity index is 780. The van der Waals surface area contributed by atoms with E-state index in [0.29, 0.717) is 5.56 Å². The van der Waals surface area contributed by atoms with E-state index < -0.39 is 5.91 Å². The van der Waals surface area contributed by atoms with E-state index in [2.05, 4.69) is 23.3 Å². The first-order valence-corrected chi connectivity index (χ1v) is 7.51. The number of nitrogens with one attached hydrogen (secondary N) is 1. The molecule has 0 spiro atoms. The summed E-state index contributed by atoms with van der Waals surface area (Å²) in [7, 11) is 0. The van der Waals surface area contributed by atoms with Crippen LogP contribution in [0.1, 0.15) is 28.9 Å². The normalized spacial score (nSPS) is 12.2. The number of aromatic nitrogens is 1. The quantitative estimate of drug-likeness (QED) is 0.773. The third kappa shape index (κ3) is 2.87. The Morgan fingerprint density at radius 1 is 1.29 bits per heavy atom. The number of benzene rings is 1. The van der Waals surface area contributed by atoms with Crippen LogP contribution in [0.4, 0.5) is 5.69 Å². The van der Waals surface area contributed by atoms with Crippen molar-refractivity contribution >= 4 is 33.1 Å². The lowest BCUT2D eigenvalue weighted by Crippen LogP contribution is -2.11. The number of thiophene rings is 1. The topological polar surface area (TPSA) is 68.0 Å². The number of carbonyl (C=O) groups is 1. The molecule has 0 aliphatic heterocycles. The van der Waals surface area contributed by atoms with Crippen molar-refractivity contribution in [2.75, 3.05) is 5.32 Å². The highest BCUT2D eigenvalue weighted by Crippen LogP contribution is 2.24. The fourth-order valence-corrected chi connectivity index (χ4v) is 2.95. The summed E-state index contributed by atoms with van der Waals surface area (Å²) < 4.78 is 1.19. The second kappa shape index (κ2) is 5.54. The molecule has 0 saturated heterocycles. The van der Waals surface area contributed by atoms with E-state index in [-0.39, 0.29) is 6.04 Å². The van der Waals surface area contributed by atoms with Gasteiger partial charge in [-0.3, -0.25) is 9.78 Å². The smallest absolute Gasteiger partial charge is 0.248 e. The van der Waals surface area contributed by atoms with E-state index >= 15 is 0 Å². The van der Waals surface area contributed by atoms with Gasteiger partial charge in [0.15, 0.2) is 0 Å². The van der Waals surface area contributed by atoms with Gasteiger partial charge in [0.25, 0.3) is 0 Å². The lowest BCUT2D eigenvalue weighted by Gasteiger charge is -2.15. The predicted octanol–water partition coefficient (Wildman–Crippen LogP) is 3.57. The number of nitrogens with two attached hydrogens (primary N) is 1. The van der Waals surface area contributed by atoms with Crippen molar-refractivity contribution in [3.05, 3.63) is 59.1 Å². The molecule has 3 N–H and O–H groups in total. The second-order valence-corrected chi connectivity index (χ2v) is 5.83. The van der Waals surface area contributed by atoms with Crippen LogP contribution in [-0.4, -0.2) is 10.9 Å². The van der Waals surface area contributed by atoms with Crippen LogP contribution in [-0.2, 0) is 0 Å². The van der Waals surface area contributed by atoms with E-state index in [1.165, 1.54) is 4.70 Å². The van der Waals surface area contributed by atoms with Gasteiger partial charge in [0, 0.05) is 17.4 Å². The first-order chi connectivity index (χ1) is 10.1. The molecule has 0 aliphatic rings. The number of hydrogen-bond donors (Lipinski definition) is 2. The molecule has 0 radical (unpaired) electrons. The summed E-state index contributed by atoms with van der Waals surface area (Å²) in [6.07, 6.45) is 1.89. The first-order valence-electron chi connectivity index (χ1n) is 6.63. The van der Waals surface area contributed by atoms with E-state index in [0.717, 1.165) is 16.8 Å². The summed E-state index contributed by atoms with van der Waals surface area (Å²) >= 11 is 1.69. The molecule has 3 rings (SSSR count). The molecule has 2 aromatic heterocycles. The summed E-state index contributed by atoms with van der Waals surface area (Å²) in [4.78, 5) is 15.5. The van der Waals surface area contributed by atoms with Crippen LogP contribution in [0.15, 0.2) is 48.0 Å². The Morgan fingerprint density at radius 3 is 2.76 bits per heavy atom. The van der Waals surface area contributed by atoms with E-state index in [1.54, 1.807) is 23.5 Å². The van der Waals surface area contributed by atoms with Gasteiger partial charge in [0.1, 0.15) is 0 Å². The van der Waals surface area contributed by atoms with Gasteiger partial charge in [-0.2, -0.15) is 0 Å². The van der Waals surface area contributed by atoms with Crippen LogP contribution < -0.4 is 11.1 Å². The zero-order chi connectivity index (χ0) is 14.8. The average molecular weight is 297 g/mol. The fraction of sp³-hybridized carbons (Fsp3) is 0.125. The molecular weight excluding hydrogens is 282 g/mol. The molecule has 0 bridgehead atoms. The molecule has 1 unspecified atom stereocenters. The van der Waals surface area contributed by atoms with Crippen LogP contribution in [0.5, 0.6) is 0 Å². The first kappa shape index (κ1) is 13.6. The molecule has 0 saturated carbocycles. The number of anilines is 1. The molecule has 0 aliphatic carbocycles. The molecule has 3 aromatic rings. The van der Waals surface area contributed by atoms with Gasteiger partial charge in [-0.1, -0.05) is 0 Å². The number of amides is 1. The fourth-order valence-electron chi connectivity index (χ4n) is 2.16. The summed E-state index contributed by atoms with van der Waals surface area (Å²) in [6, 6.07) is 11.5. The number of fused-ring (bicyclic) bond motifs is 1. The molecular formula is C16H15N3OS. The highest BCUT2D eigenvalue weighted by molar-refractivity contribution is 7.17. The summed E-state index contributed by atoms with van der Waals surface area (Å²) in [6.45, 7) is 2.08. The highest BCUT2D eigenvalue weighted by Gasteiger charge is 2.08. The minimum absolute atomic E-state index is 0.128. The maximum atomic E-state index is 11.0. The number of primary amides is 1. The SMILES string of the molecule is CC(Nc1ccc(C(N)=O)cc1)c1cnc2ccsc2c1. The average Bonchev–Trinajstić information content (AvgIpc) is 2.95. The van der Waals surface area contributed by atoms with Gasteiger partial charge in [0.05, 0.1) is 16.3 Å². The van der Waals surface area contributed by atoms with Gasteiger partial charge in [-0.05, 0) is 54.3 Å². The zero-order valence-corrected chi connectivity index (χ0v) is 12.4. The number of pyridine rings is 1. The summed E-state index contributed by atoms with van der Waals surface area (Å²) in [5.74, 6) is -0.415.